The number of carboxylic acids is 1. The zero-order valence-corrected chi connectivity index (χ0v) is 10.2. The highest BCUT2D eigenvalue weighted by Crippen LogP contribution is 2.29. The van der Waals surface area contributed by atoms with E-state index in [-0.39, 0.29) is 5.69 Å². The summed E-state index contributed by atoms with van der Waals surface area (Å²) < 4.78 is 0.857. The number of carbonyl (C=O) groups is 1. The average Bonchev–Trinajstić information content (AvgIpc) is 2.66. The molecule has 1 aromatic heterocycles. The Morgan fingerprint density at radius 1 is 1.44 bits per heavy atom. The van der Waals surface area contributed by atoms with Crippen molar-refractivity contribution in [1.82, 2.24) is 10.2 Å². The number of benzene rings is 1. The lowest BCUT2D eigenvalue weighted by Gasteiger charge is -2.00. The van der Waals surface area contributed by atoms with E-state index < -0.39 is 5.97 Å². The van der Waals surface area contributed by atoms with Gasteiger partial charge >= 0.3 is 5.97 Å². The van der Waals surface area contributed by atoms with Gasteiger partial charge in [-0.25, -0.2) is 4.79 Å². The number of carboxylic acid groups (broad SMARTS) is 1. The van der Waals surface area contributed by atoms with Gasteiger partial charge in [-0.2, -0.15) is 5.10 Å². The van der Waals surface area contributed by atoms with Crippen LogP contribution in [0.5, 0.6) is 0 Å². The molecule has 0 fully saturated rings. The SMILES string of the molecule is O=C(O)c1cc(-c2ccc(Br)cc2Cl)n[nH]1. The highest BCUT2D eigenvalue weighted by Gasteiger charge is 2.11. The lowest BCUT2D eigenvalue weighted by Crippen LogP contribution is -1.95. The van der Waals surface area contributed by atoms with Crippen molar-refractivity contribution >= 4 is 33.5 Å². The van der Waals surface area contributed by atoms with Gasteiger partial charge in [0.25, 0.3) is 0 Å². The first kappa shape index (κ1) is 11.2. The Balaban J connectivity index is 2.46. The van der Waals surface area contributed by atoms with Crippen molar-refractivity contribution in [1.29, 1.82) is 0 Å². The third-order valence-electron chi connectivity index (χ3n) is 2.02. The topological polar surface area (TPSA) is 66.0 Å². The summed E-state index contributed by atoms with van der Waals surface area (Å²) in [6, 6.07) is 6.76. The first-order valence-electron chi connectivity index (χ1n) is 4.32. The Hall–Kier alpha value is -1.33. The minimum Gasteiger partial charge on any atom is -0.477 e. The van der Waals surface area contributed by atoms with Crippen molar-refractivity contribution < 1.29 is 9.90 Å². The lowest BCUT2D eigenvalue weighted by atomic mass is 10.1. The second kappa shape index (κ2) is 4.27. The molecule has 1 heterocycles. The van der Waals surface area contributed by atoms with Crippen LogP contribution >= 0.6 is 27.5 Å². The average molecular weight is 302 g/mol. The number of aromatic nitrogens is 2. The normalized spacial score (nSPS) is 10.4. The van der Waals surface area contributed by atoms with Crippen molar-refractivity contribution in [3.8, 4) is 11.3 Å². The molecule has 6 heteroatoms. The fourth-order valence-corrected chi connectivity index (χ4v) is 2.04. The summed E-state index contributed by atoms with van der Waals surface area (Å²) in [5, 5.41) is 15.6. The molecule has 0 saturated heterocycles. The number of halogens is 2. The highest BCUT2D eigenvalue weighted by molar-refractivity contribution is 9.10. The van der Waals surface area contributed by atoms with E-state index in [0.29, 0.717) is 16.3 Å². The molecule has 0 unspecified atom stereocenters. The minimum absolute atomic E-state index is 0.0361. The summed E-state index contributed by atoms with van der Waals surface area (Å²) in [4.78, 5) is 10.7. The minimum atomic E-state index is -1.05. The van der Waals surface area contributed by atoms with Crippen LogP contribution in [0, 0.1) is 0 Å². The van der Waals surface area contributed by atoms with Crippen molar-refractivity contribution in [2.24, 2.45) is 0 Å². The van der Waals surface area contributed by atoms with Crippen molar-refractivity contribution in [3.63, 3.8) is 0 Å². The molecule has 0 aliphatic rings. The standard InChI is InChI=1S/C10H6BrClN2O2/c11-5-1-2-6(7(12)3-5)8-4-9(10(15)16)14-13-8/h1-4H,(H,13,14)(H,15,16). The van der Waals surface area contributed by atoms with Gasteiger partial charge in [-0.05, 0) is 18.2 Å². The van der Waals surface area contributed by atoms with Crippen molar-refractivity contribution in [2.75, 3.05) is 0 Å². The molecule has 0 saturated carbocycles. The molecule has 0 radical (unpaired) electrons. The summed E-state index contributed by atoms with van der Waals surface area (Å²) in [6.07, 6.45) is 0. The third kappa shape index (κ3) is 2.10. The van der Waals surface area contributed by atoms with Gasteiger partial charge in [0.05, 0.1) is 10.7 Å². The molecule has 16 heavy (non-hydrogen) atoms. The van der Waals surface area contributed by atoms with Gasteiger partial charge in [-0.3, -0.25) is 5.10 Å². The second-order valence-corrected chi connectivity index (χ2v) is 4.42. The van der Waals surface area contributed by atoms with Gasteiger partial charge in [0, 0.05) is 10.0 Å². The molecule has 2 N–H and O–H groups in total. The monoisotopic (exact) mass is 300 g/mol. The van der Waals surface area contributed by atoms with Crippen LogP contribution in [0.3, 0.4) is 0 Å². The van der Waals surface area contributed by atoms with Crippen molar-refractivity contribution in [3.05, 3.63) is 39.5 Å². The number of rotatable bonds is 2. The molecule has 4 nitrogen and oxygen atoms in total. The van der Waals surface area contributed by atoms with E-state index in [1.54, 1.807) is 12.1 Å². The van der Waals surface area contributed by atoms with Crippen LogP contribution in [0.1, 0.15) is 10.5 Å². The molecular weight excluding hydrogens is 295 g/mol. The van der Waals surface area contributed by atoms with Crippen LogP contribution in [-0.2, 0) is 0 Å². The number of hydrogen-bond donors (Lipinski definition) is 2. The van der Waals surface area contributed by atoms with Crippen LogP contribution in [0.15, 0.2) is 28.7 Å². The fourth-order valence-electron chi connectivity index (χ4n) is 1.27. The maximum atomic E-state index is 10.7. The van der Waals surface area contributed by atoms with Crippen molar-refractivity contribution in [2.45, 2.75) is 0 Å². The molecule has 0 aliphatic carbocycles. The van der Waals surface area contributed by atoms with E-state index in [9.17, 15) is 4.79 Å². The van der Waals surface area contributed by atoms with E-state index in [1.165, 1.54) is 6.07 Å². The molecular formula is C10H6BrClN2O2. The third-order valence-corrected chi connectivity index (χ3v) is 2.82. The molecule has 0 atom stereocenters. The highest BCUT2D eigenvalue weighted by atomic mass is 79.9. The summed E-state index contributed by atoms with van der Waals surface area (Å²) in [5.41, 5.74) is 1.23. The van der Waals surface area contributed by atoms with E-state index in [2.05, 4.69) is 26.1 Å². The summed E-state index contributed by atoms with van der Waals surface area (Å²) in [5.74, 6) is -1.05. The fraction of sp³-hybridized carbons (Fsp3) is 0. The molecule has 0 spiro atoms. The van der Waals surface area contributed by atoms with Gasteiger partial charge in [-0.15, -0.1) is 0 Å². The Morgan fingerprint density at radius 3 is 2.75 bits per heavy atom. The largest absolute Gasteiger partial charge is 0.477 e. The quantitative estimate of drug-likeness (QED) is 0.895. The maximum Gasteiger partial charge on any atom is 0.353 e. The summed E-state index contributed by atoms with van der Waals surface area (Å²) in [6.45, 7) is 0. The van der Waals surface area contributed by atoms with E-state index in [4.69, 9.17) is 16.7 Å². The molecule has 0 bridgehead atoms. The smallest absolute Gasteiger partial charge is 0.353 e. The van der Waals surface area contributed by atoms with Crippen LogP contribution in [0.25, 0.3) is 11.3 Å². The number of H-pyrrole nitrogens is 1. The van der Waals surface area contributed by atoms with Crippen LogP contribution in [0.4, 0.5) is 0 Å². The Kier molecular flexibility index (Phi) is 2.98. The van der Waals surface area contributed by atoms with E-state index in [1.807, 2.05) is 6.07 Å². The zero-order chi connectivity index (χ0) is 11.7. The van der Waals surface area contributed by atoms with Crippen LogP contribution < -0.4 is 0 Å². The second-order valence-electron chi connectivity index (χ2n) is 3.10. The number of aromatic amines is 1. The molecule has 2 rings (SSSR count). The van der Waals surface area contributed by atoms with E-state index in [0.717, 1.165) is 4.47 Å². The Bertz CT molecular complexity index is 554. The molecule has 82 valence electrons. The number of nitrogens with one attached hydrogen (secondary N) is 1. The van der Waals surface area contributed by atoms with Crippen LogP contribution in [-0.4, -0.2) is 21.3 Å². The van der Waals surface area contributed by atoms with Gasteiger partial charge in [0.2, 0.25) is 0 Å². The van der Waals surface area contributed by atoms with E-state index >= 15 is 0 Å². The summed E-state index contributed by atoms with van der Waals surface area (Å²) in [7, 11) is 0. The zero-order valence-electron chi connectivity index (χ0n) is 7.87. The Labute approximate surface area is 104 Å². The predicted octanol–water partition coefficient (Wildman–Crippen LogP) is 3.19. The molecule has 0 aliphatic heterocycles. The van der Waals surface area contributed by atoms with Gasteiger partial charge in [-0.1, -0.05) is 33.6 Å². The molecule has 0 amide bonds. The molecule has 1 aromatic carbocycles. The predicted molar refractivity (Wildman–Crippen MR) is 63.7 cm³/mol. The number of hydrogen-bond acceptors (Lipinski definition) is 2. The molecule has 2 aromatic rings. The van der Waals surface area contributed by atoms with Gasteiger partial charge in [0.1, 0.15) is 5.69 Å². The first-order valence-corrected chi connectivity index (χ1v) is 5.49. The van der Waals surface area contributed by atoms with Crippen LogP contribution in [0.2, 0.25) is 5.02 Å². The number of nitrogens with zero attached hydrogens (tertiary/aromatic N) is 1. The first-order chi connectivity index (χ1) is 7.58. The summed E-state index contributed by atoms with van der Waals surface area (Å²) >= 11 is 9.31. The maximum absolute atomic E-state index is 10.7. The Morgan fingerprint density at radius 2 is 2.19 bits per heavy atom. The lowest BCUT2D eigenvalue weighted by molar-refractivity contribution is 0.0690. The van der Waals surface area contributed by atoms with Gasteiger partial charge < -0.3 is 5.11 Å². The number of aromatic carboxylic acids is 1. The van der Waals surface area contributed by atoms with Gasteiger partial charge in [0.15, 0.2) is 0 Å².